The topological polar surface area (TPSA) is 90.1 Å². The molecule has 0 saturated carbocycles. The predicted octanol–water partition coefficient (Wildman–Crippen LogP) is 0.675. The first kappa shape index (κ1) is 14.3. The highest BCUT2D eigenvalue weighted by Gasteiger charge is 2.20. The van der Waals surface area contributed by atoms with Crippen LogP contribution >= 0.6 is 0 Å². The summed E-state index contributed by atoms with van der Waals surface area (Å²) in [5, 5.41) is 28.0. The van der Waals surface area contributed by atoms with Gasteiger partial charge in [0.15, 0.2) is 6.29 Å². The van der Waals surface area contributed by atoms with Crippen LogP contribution in [0.1, 0.15) is 28.4 Å². The van der Waals surface area contributed by atoms with Gasteiger partial charge in [0.05, 0.1) is 18.8 Å². The highest BCUT2D eigenvalue weighted by molar-refractivity contribution is 5.90. The zero-order valence-electron chi connectivity index (χ0n) is 10.4. The van der Waals surface area contributed by atoms with E-state index in [2.05, 4.69) is 4.99 Å². The lowest BCUT2D eigenvalue weighted by atomic mass is 10.0. The van der Waals surface area contributed by atoms with E-state index in [0.29, 0.717) is 11.8 Å². The summed E-state index contributed by atoms with van der Waals surface area (Å²) in [6.45, 7) is 2.75. The molecule has 1 rings (SSSR count). The second-order valence-corrected chi connectivity index (χ2v) is 4.48. The number of benzene rings is 1. The number of aromatic hydroxyl groups is 1. The van der Waals surface area contributed by atoms with E-state index in [9.17, 15) is 9.90 Å². The van der Waals surface area contributed by atoms with Crippen molar-refractivity contribution < 1.29 is 20.1 Å². The van der Waals surface area contributed by atoms with E-state index in [0.717, 1.165) is 5.56 Å². The monoisotopic (exact) mass is 251 g/mol. The summed E-state index contributed by atoms with van der Waals surface area (Å²) >= 11 is 0. The fraction of sp³-hybridized carbons (Fsp3) is 0.385. The molecule has 0 bridgehead atoms. The predicted molar refractivity (Wildman–Crippen MR) is 68.4 cm³/mol. The number of hydrogen-bond donors (Lipinski definition) is 3. The number of hydrogen-bond acceptors (Lipinski definition) is 5. The molecule has 0 fully saturated rings. The zero-order chi connectivity index (χ0) is 13.8. The molecule has 0 radical (unpaired) electrons. The Bertz CT molecular complexity index is 464. The second kappa shape index (κ2) is 5.75. The third-order valence-corrected chi connectivity index (χ3v) is 2.64. The van der Waals surface area contributed by atoms with E-state index in [1.807, 2.05) is 0 Å². The number of nitrogens with zero attached hydrogens (tertiary/aromatic N) is 1. The number of phenolic OH excluding ortho intramolecular Hbond substituents is 1. The van der Waals surface area contributed by atoms with E-state index < -0.39 is 5.54 Å². The van der Waals surface area contributed by atoms with Crippen molar-refractivity contribution in [3.8, 4) is 5.75 Å². The number of aliphatic hydroxyl groups is 2. The molecule has 0 aliphatic rings. The van der Waals surface area contributed by atoms with Gasteiger partial charge in [-0.25, -0.2) is 0 Å². The maximum absolute atomic E-state index is 10.8. The number of aldehydes is 1. The number of aliphatic imine (C=N–C) groups is 1. The molecule has 1 aromatic rings. The summed E-state index contributed by atoms with van der Waals surface area (Å²) in [4.78, 5) is 14.8. The van der Waals surface area contributed by atoms with Crippen molar-refractivity contribution >= 4 is 12.5 Å². The lowest BCUT2D eigenvalue weighted by Crippen LogP contribution is -2.31. The maximum atomic E-state index is 10.8. The van der Waals surface area contributed by atoms with Gasteiger partial charge in [0.2, 0.25) is 0 Å². The van der Waals surface area contributed by atoms with Gasteiger partial charge in [0.1, 0.15) is 11.3 Å². The van der Waals surface area contributed by atoms with Crippen LogP contribution in [0.3, 0.4) is 0 Å². The number of carbonyl (C=O) groups is 1. The SMILES string of the molecule is Cc1cc(C=O)c(O)c(C=NC(C)(CO)CO)c1. The number of aliphatic hydroxyl groups excluding tert-OH is 2. The Morgan fingerprint density at radius 3 is 2.33 bits per heavy atom. The molecule has 5 nitrogen and oxygen atoms in total. The molecule has 3 N–H and O–H groups in total. The van der Waals surface area contributed by atoms with E-state index in [-0.39, 0.29) is 24.5 Å². The minimum atomic E-state index is -1.00. The molecule has 0 aliphatic carbocycles. The van der Waals surface area contributed by atoms with Crippen molar-refractivity contribution in [1.29, 1.82) is 0 Å². The molecule has 0 heterocycles. The van der Waals surface area contributed by atoms with Gasteiger partial charge in [-0.15, -0.1) is 0 Å². The quantitative estimate of drug-likeness (QED) is 0.530. The molecule has 5 heteroatoms. The third-order valence-electron chi connectivity index (χ3n) is 2.64. The molecule has 0 saturated heterocycles. The van der Waals surface area contributed by atoms with Crippen molar-refractivity contribution in [3.63, 3.8) is 0 Å². The van der Waals surface area contributed by atoms with Crippen LogP contribution in [0.25, 0.3) is 0 Å². The number of phenols is 1. The minimum Gasteiger partial charge on any atom is -0.507 e. The Balaban J connectivity index is 3.15. The Morgan fingerprint density at radius 1 is 1.28 bits per heavy atom. The third kappa shape index (κ3) is 3.15. The van der Waals surface area contributed by atoms with Crippen molar-refractivity contribution in [2.45, 2.75) is 19.4 Å². The summed E-state index contributed by atoms with van der Waals surface area (Å²) in [7, 11) is 0. The Morgan fingerprint density at radius 2 is 1.83 bits per heavy atom. The maximum Gasteiger partial charge on any atom is 0.153 e. The average Bonchev–Trinajstić information content (AvgIpc) is 2.38. The number of carbonyl (C=O) groups excluding carboxylic acids is 1. The fourth-order valence-electron chi connectivity index (χ4n) is 1.38. The molecule has 0 unspecified atom stereocenters. The standard InChI is InChI=1S/C13H17NO4/c1-9-3-10(12(18)11(4-9)6-15)5-14-13(2,7-16)8-17/h3-6,16-18H,7-8H2,1-2H3. The normalized spacial score (nSPS) is 12.0. The molecule has 0 aliphatic heterocycles. The van der Waals surface area contributed by atoms with Gasteiger partial charge >= 0.3 is 0 Å². The molecule has 1 aromatic carbocycles. The summed E-state index contributed by atoms with van der Waals surface area (Å²) in [5.74, 6) is -0.155. The van der Waals surface area contributed by atoms with Crippen molar-refractivity contribution in [2.24, 2.45) is 4.99 Å². The van der Waals surface area contributed by atoms with E-state index in [1.165, 1.54) is 6.21 Å². The van der Waals surface area contributed by atoms with Gasteiger partial charge in [0, 0.05) is 11.8 Å². The van der Waals surface area contributed by atoms with Gasteiger partial charge in [-0.1, -0.05) is 0 Å². The van der Waals surface area contributed by atoms with Gasteiger partial charge in [-0.3, -0.25) is 9.79 Å². The highest BCUT2D eigenvalue weighted by Crippen LogP contribution is 2.22. The summed E-state index contributed by atoms with van der Waals surface area (Å²) < 4.78 is 0. The van der Waals surface area contributed by atoms with Crippen molar-refractivity contribution in [2.75, 3.05) is 13.2 Å². The van der Waals surface area contributed by atoms with Crippen LogP contribution in [0.2, 0.25) is 0 Å². The van der Waals surface area contributed by atoms with Crippen molar-refractivity contribution in [3.05, 3.63) is 28.8 Å². The Labute approximate surface area is 105 Å². The van der Waals surface area contributed by atoms with Gasteiger partial charge in [-0.2, -0.15) is 0 Å². The average molecular weight is 251 g/mol. The molecular formula is C13H17NO4. The van der Waals surface area contributed by atoms with Crippen LogP contribution < -0.4 is 0 Å². The molecule has 18 heavy (non-hydrogen) atoms. The summed E-state index contributed by atoms with van der Waals surface area (Å²) in [6, 6.07) is 3.23. The Kier molecular flexibility index (Phi) is 4.58. The van der Waals surface area contributed by atoms with Crippen molar-refractivity contribution in [1.82, 2.24) is 0 Å². The summed E-state index contributed by atoms with van der Waals surface area (Å²) in [6.07, 6.45) is 1.92. The van der Waals surface area contributed by atoms with E-state index in [1.54, 1.807) is 26.0 Å². The van der Waals surface area contributed by atoms with Crippen LogP contribution in [0.5, 0.6) is 5.75 Å². The molecule has 98 valence electrons. The van der Waals surface area contributed by atoms with Gasteiger partial charge < -0.3 is 15.3 Å². The highest BCUT2D eigenvalue weighted by atomic mass is 16.3. The second-order valence-electron chi connectivity index (χ2n) is 4.48. The smallest absolute Gasteiger partial charge is 0.153 e. The fourth-order valence-corrected chi connectivity index (χ4v) is 1.38. The van der Waals surface area contributed by atoms with Crippen LogP contribution in [-0.2, 0) is 0 Å². The Hall–Kier alpha value is -1.72. The lowest BCUT2D eigenvalue weighted by molar-refractivity contribution is 0.112. The van der Waals surface area contributed by atoms with Crippen LogP contribution in [0.4, 0.5) is 0 Å². The lowest BCUT2D eigenvalue weighted by Gasteiger charge is -2.19. The van der Waals surface area contributed by atoms with Crippen LogP contribution in [0, 0.1) is 6.92 Å². The first-order valence-corrected chi connectivity index (χ1v) is 5.51. The van der Waals surface area contributed by atoms with Crippen LogP contribution in [0.15, 0.2) is 17.1 Å². The summed E-state index contributed by atoms with van der Waals surface area (Å²) in [5.41, 5.74) is 0.375. The molecule has 0 aromatic heterocycles. The zero-order valence-corrected chi connectivity index (χ0v) is 10.4. The van der Waals surface area contributed by atoms with Gasteiger partial charge in [0.25, 0.3) is 0 Å². The van der Waals surface area contributed by atoms with Crippen LogP contribution in [-0.4, -0.2) is 46.6 Å². The molecule has 0 atom stereocenters. The number of aryl methyl sites for hydroxylation is 1. The molecule has 0 spiro atoms. The molecule has 0 amide bonds. The van der Waals surface area contributed by atoms with E-state index in [4.69, 9.17) is 10.2 Å². The number of rotatable bonds is 5. The first-order chi connectivity index (χ1) is 8.45. The largest absolute Gasteiger partial charge is 0.507 e. The van der Waals surface area contributed by atoms with Gasteiger partial charge in [-0.05, 0) is 31.5 Å². The first-order valence-electron chi connectivity index (χ1n) is 5.51. The van der Waals surface area contributed by atoms with E-state index >= 15 is 0 Å². The molecular weight excluding hydrogens is 234 g/mol. The minimum absolute atomic E-state index is 0.155.